The van der Waals surface area contributed by atoms with E-state index in [9.17, 15) is 24.3 Å². The van der Waals surface area contributed by atoms with E-state index in [2.05, 4.69) is 5.10 Å². The van der Waals surface area contributed by atoms with Crippen molar-refractivity contribution in [2.45, 2.75) is 71.7 Å². The third kappa shape index (κ3) is 5.92. The number of benzene rings is 1. The van der Waals surface area contributed by atoms with Gasteiger partial charge in [-0.3, -0.25) is 0 Å². The molecule has 1 aromatic heterocycles. The first kappa shape index (κ1) is 32.0. The molecule has 1 aliphatic heterocycles. The summed E-state index contributed by atoms with van der Waals surface area (Å²) in [5, 5.41) is 15.7. The molecule has 4 amide bonds. The number of hydrogen-bond acceptors (Lipinski definition) is 10. The quantitative estimate of drug-likeness (QED) is 0.448. The number of aromatic nitrogens is 2. The third-order valence-corrected chi connectivity index (χ3v) is 7.93. The van der Waals surface area contributed by atoms with Crippen LogP contribution in [0.5, 0.6) is 0 Å². The van der Waals surface area contributed by atoms with Gasteiger partial charge in [0.05, 0.1) is 25.4 Å². The Morgan fingerprint density at radius 3 is 2.22 bits per heavy atom. The number of urea groups is 1. The number of aliphatic hydroxyl groups is 1. The van der Waals surface area contributed by atoms with Crippen molar-refractivity contribution in [1.82, 2.24) is 14.7 Å². The summed E-state index contributed by atoms with van der Waals surface area (Å²) in [5.74, 6) is -2.56. The van der Waals surface area contributed by atoms with Gasteiger partial charge in [0.2, 0.25) is 5.89 Å². The zero-order valence-electron chi connectivity index (χ0n) is 25.1. The first-order valence-electron chi connectivity index (χ1n) is 13.8. The van der Waals surface area contributed by atoms with Gasteiger partial charge in [0.15, 0.2) is 6.10 Å². The molecule has 3 rings (SSSR count). The minimum atomic E-state index is -1.71. The number of imide groups is 2. The van der Waals surface area contributed by atoms with Gasteiger partial charge < -0.3 is 24.9 Å². The zero-order chi connectivity index (χ0) is 30.8. The average molecular weight is 576 g/mol. The highest BCUT2D eigenvalue weighted by molar-refractivity contribution is 5.95. The maximum absolute atomic E-state index is 14.4. The number of nitrogens with two attached hydrogens (primary N) is 1. The summed E-state index contributed by atoms with van der Waals surface area (Å²) in [6, 6.07) is 3.39. The van der Waals surface area contributed by atoms with Gasteiger partial charge in [0.1, 0.15) is 12.1 Å². The Kier molecular flexibility index (Phi) is 9.77. The Labute approximate surface area is 240 Å². The largest absolute Gasteiger partial charge is 0.452 e. The molecule has 2 heterocycles. The minimum absolute atomic E-state index is 0.153. The summed E-state index contributed by atoms with van der Waals surface area (Å²) in [7, 11) is 4.87. The molecule has 1 aromatic carbocycles. The molecule has 1 aliphatic rings. The Balaban J connectivity index is 2.08. The van der Waals surface area contributed by atoms with Crippen molar-refractivity contribution in [1.29, 1.82) is 0 Å². The van der Waals surface area contributed by atoms with Crippen molar-refractivity contribution in [3.63, 3.8) is 0 Å². The number of likely N-dealkylation sites (tertiary alicyclic amines) is 1. The number of ether oxygens (including phenoxy) is 1. The van der Waals surface area contributed by atoms with Crippen molar-refractivity contribution >= 4 is 23.7 Å². The van der Waals surface area contributed by atoms with E-state index in [1.165, 1.54) is 0 Å². The highest BCUT2D eigenvalue weighted by Gasteiger charge is 2.59. The zero-order valence-corrected chi connectivity index (χ0v) is 25.1. The second-order valence-corrected chi connectivity index (χ2v) is 11.5. The summed E-state index contributed by atoms with van der Waals surface area (Å²) in [6.07, 6.45) is -1.63. The maximum Gasteiger partial charge on any atom is 0.442 e. The Morgan fingerprint density at radius 2 is 1.76 bits per heavy atom. The van der Waals surface area contributed by atoms with E-state index < -0.39 is 64.3 Å². The number of methoxy groups -OCH3 is 1. The number of aliphatic hydroxyl groups excluding tert-OH is 1. The molecule has 13 nitrogen and oxygen atoms in total. The van der Waals surface area contributed by atoms with E-state index in [0.29, 0.717) is 18.5 Å². The fourth-order valence-corrected chi connectivity index (χ4v) is 5.37. The van der Waals surface area contributed by atoms with Crippen LogP contribution < -0.4 is 16.4 Å². The van der Waals surface area contributed by atoms with E-state index in [1.807, 2.05) is 19.0 Å². The van der Waals surface area contributed by atoms with Crippen LogP contribution in [0.25, 0.3) is 5.69 Å². The highest BCUT2D eigenvalue weighted by Crippen LogP contribution is 2.35. The van der Waals surface area contributed by atoms with Crippen LogP contribution in [-0.4, -0.2) is 88.2 Å². The van der Waals surface area contributed by atoms with Crippen LogP contribution in [0.4, 0.5) is 15.3 Å². The van der Waals surface area contributed by atoms with Gasteiger partial charge >= 0.3 is 23.8 Å². The number of carbonyl (C=O) groups is 3. The predicted molar refractivity (Wildman–Crippen MR) is 151 cm³/mol. The monoisotopic (exact) mass is 575 g/mol. The van der Waals surface area contributed by atoms with Crippen LogP contribution in [0.2, 0.25) is 0 Å². The van der Waals surface area contributed by atoms with Gasteiger partial charge in [-0.2, -0.15) is 14.1 Å². The van der Waals surface area contributed by atoms with Gasteiger partial charge in [0.25, 0.3) is 0 Å². The van der Waals surface area contributed by atoms with E-state index in [4.69, 9.17) is 14.9 Å². The van der Waals surface area contributed by atoms with Crippen LogP contribution in [0.15, 0.2) is 33.5 Å². The predicted octanol–water partition coefficient (Wildman–Crippen LogP) is 2.65. The number of rotatable bonds is 8. The minimum Gasteiger partial charge on any atom is -0.452 e. The van der Waals surface area contributed by atoms with Crippen molar-refractivity contribution in [3.8, 4) is 5.69 Å². The standard InChI is InChI=1S/C28H43N6O7/c1-16(2)21(29)25(36)34(15-9-10-18(34)5)26(37)32(27(38)40-8)22(17(3)4)23(35)24-30-33(28(39)41-24)20-13-11-19(12-14-20)31(6)7/h11-14,16-18,21-23,35H,9-10,15,29H2,1-8H3/q+1/t18-,21+,22+,23?,34?/m1/s1. The number of nitrogens with zero attached hydrogens (tertiary/aromatic N) is 5. The summed E-state index contributed by atoms with van der Waals surface area (Å²) in [4.78, 5) is 56.9. The summed E-state index contributed by atoms with van der Waals surface area (Å²) >= 11 is 0. The lowest BCUT2D eigenvalue weighted by atomic mass is 9.96. The fraction of sp³-hybridized carbons (Fsp3) is 0.607. The second kappa shape index (κ2) is 12.5. The van der Waals surface area contributed by atoms with Crippen molar-refractivity contribution in [2.75, 3.05) is 32.6 Å². The Bertz CT molecular complexity index is 1300. The van der Waals surface area contributed by atoms with Gasteiger partial charge in [-0.15, -0.1) is 5.10 Å². The molecule has 2 aromatic rings. The van der Waals surface area contributed by atoms with Crippen LogP contribution in [0.3, 0.4) is 0 Å². The van der Waals surface area contributed by atoms with E-state index in [0.717, 1.165) is 22.4 Å². The molecule has 5 atom stereocenters. The van der Waals surface area contributed by atoms with Gasteiger partial charge in [-0.05, 0) is 43.0 Å². The summed E-state index contributed by atoms with van der Waals surface area (Å²) in [6.45, 7) is 8.87. The van der Waals surface area contributed by atoms with Crippen LogP contribution in [0, 0.1) is 11.8 Å². The molecule has 1 fully saturated rings. The number of hydrogen-bond donors (Lipinski definition) is 2. The molecular formula is C28H43N6O7+. The van der Waals surface area contributed by atoms with Crippen molar-refractivity contribution in [3.05, 3.63) is 40.7 Å². The normalized spacial score (nSPS) is 21.0. The Morgan fingerprint density at radius 1 is 1.15 bits per heavy atom. The average Bonchev–Trinajstić information content (AvgIpc) is 3.52. The molecule has 0 radical (unpaired) electrons. The maximum atomic E-state index is 14.4. The Hall–Kier alpha value is -3.55. The molecule has 2 unspecified atom stereocenters. The molecule has 0 saturated carbocycles. The molecular weight excluding hydrogens is 532 g/mol. The smallest absolute Gasteiger partial charge is 0.442 e. The lowest BCUT2D eigenvalue weighted by Gasteiger charge is -2.41. The lowest BCUT2D eigenvalue weighted by Crippen LogP contribution is -2.70. The molecule has 0 bridgehead atoms. The molecule has 1 saturated heterocycles. The van der Waals surface area contributed by atoms with E-state index in [1.54, 1.807) is 58.9 Å². The molecule has 0 spiro atoms. The fourth-order valence-electron chi connectivity index (χ4n) is 5.37. The third-order valence-electron chi connectivity index (χ3n) is 7.93. The van der Waals surface area contributed by atoms with Gasteiger partial charge in [-0.1, -0.05) is 27.7 Å². The van der Waals surface area contributed by atoms with Crippen molar-refractivity contribution < 1.29 is 33.1 Å². The van der Waals surface area contributed by atoms with Gasteiger partial charge in [-0.25, -0.2) is 19.2 Å². The summed E-state index contributed by atoms with van der Waals surface area (Å²) < 4.78 is 10.6. The number of anilines is 1. The first-order valence-corrected chi connectivity index (χ1v) is 13.8. The van der Waals surface area contributed by atoms with Crippen molar-refractivity contribution in [2.24, 2.45) is 17.6 Å². The van der Waals surface area contributed by atoms with Crippen LogP contribution >= 0.6 is 0 Å². The highest BCUT2D eigenvalue weighted by atomic mass is 16.5. The van der Waals surface area contributed by atoms with Crippen LogP contribution in [-0.2, 0) is 9.53 Å². The second-order valence-electron chi connectivity index (χ2n) is 11.5. The molecule has 226 valence electrons. The van der Waals surface area contributed by atoms with E-state index >= 15 is 0 Å². The van der Waals surface area contributed by atoms with Gasteiger partial charge in [0, 0.05) is 32.6 Å². The molecule has 0 aliphatic carbocycles. The molecule has 41 heavy (non-hydrogen) atoms. The SMILES string of the molecule is COC(=O)N(C(=O)[N+]1(C(=O)[C@@H](N)C(C)C)CCC[C@H]1C)[C@@H](C(C)C)C(O)c1nn(-c2ccc(N(C)C)cc2)c(=O)o1. The molecule has 3 N–H and O–H groups in total. The summed E-state index contributed by atoms with van der Waals surface area (Å²) in [5.41, 5.74) is 7.55. The number of quaternary nitrogens is 1. The first-order chi connectivity index (χ1) is 19.2. The van der Waals surface area contributed by atoms with Crippen LogP contribution in [0.1, 0.15) is 59.5 Å². The number of amides is 4. The molecule has 13 heteroatoms. The van der Waals surface area contributed by atoms with E-state index in [-0.39, 0.29) is 12.5 Å². The number of carbonyl (C=O) groups excluding carboxylic acids is 3. The topological polar surface area (TPSA) is 161 Å². The lowest BCUT2D eigenvalue weighted by molar-refractivity contribution is -0.789.